The zero-order chi connectivity index (χ0) is 27.2. The van der Waals surface area contributed by atoms with E-state index >= 15 is 0 Å². The van der Waals surface area contributed by atoms with Gasteiger partial charge in [-0.1, -0.05) is 44.7 Å². The fraction of sp³-hybridized carbons (Fsp3) is 0.724. The van der Waals surface area contributed by atoms with E-state index in [-0.39, 0.29) is 6.09 Å². The average Bonchev–Trinajstić information content (AvgIpc) is 2.86. The molecule has 36 heavy (non-hydrogen) atoms. The van der Waals surface area contributed by atoms with Crippen LogP contribution in [0, 0.1) is 11.8 Å². The number of piperidine rings is 1. The van der Waals surface area contributed by atoms with Gasteiger partial charge in [0.1, 0.15) is 11.4 Å². The molecule has 6 nitrogen and oxygen atoms in total. The highest BCUT2D eigenvalue weighted by Gasteiger charge is 2.37. The second kappa shape index (κ2) is 16.1. The van der Waals surface area contributed by atoms with Crippen LogP contribution in [0.2, 0.25) is 5.02 Å². The van der Waals surface area contributed by atoms with Crippen molar-refractivity contribution in [1.29, 1.82) is 0 Å². The van der Waals surface area contributed by atoms with Gasteiger partial charge in [-0.3, -0.25) is 4.79 Å². The molecule has 1 N–H and O–H groups in total. The van der Waals surface area contributed by atoms with Crippen molar-refractivity contribution in [1.82, 2.24) is 10.2 Å². The third-order valence-electron chi connectivity index (χ3n) is 6.57. The third-order valence-corrected chi connectivity index (χ3v) is 6.83. The highest BCUT2D eigenvalue weighted by Crippen LogP contribution is 2.35. The molecule has 1 aliphatic heterocycles. The molecule has 7 heteroatoms. The molecule has 1 aliphatic carbocycles. The van der Waals surface area contributed by atoms with Gasteiger partial charge in [0.15, 0.2) is 11.9 Å². The number of hydrogen-bond donors (Lipinski definition) is 1. The van der Waals surface area contributed by atoms with Crippen molar-refractivity contribution in [3.63, 3.8) is 0 Å². The molecule has 1 amide bonds. The second-order valence-electron chi connectivity index (χ2n) is 10.8. The van der Waals surface area contributed by atoms with Gasteiger partial charge in [-0.05, 0) is 104 Å². The number of ether oxygens (including phenoxy) is 2. The molecule has 1 atom stereocenters. The zero-order valence-electron chi connectivity index (χ0n) is 23.6. The van der Waals surface area contributed by atoms with Gasteiger partial charge in [0.05, 0.1) is 0 Å². The molecule has 0 spiro atoms. The van der Waals surface area contributed by atoms with Crippen molar-refractivity contribution in [2.45, 2.75) is 97.7 Å². The Bertz CT molecular complexity index is 752. The minimum Gasteiger partial charge on any atom is -0.480 e. The molecule has 1 unspecified atom stereocenters. The number of carbonyl (C=O) groups is 2. The zero-order valence-corrected chi connectivity index (χ0v) is 24.3. The van der Waals surface area contributed by atoms with Gasteiger partial charge in [-0.2, -0.15) is 0 Å². The fourth-order valence-corrected chi connectivity index (χ4v) is 4.57. The maximum Gasteiger partial charge on any atom is 0.407 e. The Balaban J connectivity index is 0.000000339. The van der Waals surface area contributed by atoms with Crippen LogP contribution in [0.5, 0.6) is 5.75 Å². The highest BCUT2D eigenvalue weighted by molar-refractivity contribution is 6.30. The van der Waals surface area contributed by atoms with E-state index in [9.17, 15) is 9.59 Å². The van der Waals surface area contributed by atoms with Crippen LogP contribution in [0.25, 0.3) is 0 Å². The van der Waals surface area contributed by atoms with E-state index in [1.165, 1.54) is 19.3 Å². The van der Waals surface area contributed by atoms with Crippen LogP contribution in [0.4, 0.5) is 4.79 Å². The molecule has 1 saturated heterocycles. The van der Waals surface area contributed by atoms with Crippen molar-refractivity contribution in [2.75, 3.05) is 26.7 Å². The largest absolute Gasteiger partial charge is 0.480 e. The molecule has 0 bridgehead atoms. The smallest absolute Gasteiger partial charge is 0.407 e. The van der Waals surface area contributed by atoms with Gasteiger partial charge in [0.2, 0.25) is 0 Å². The van der Waals surface area contributed by atoms with Crippen molar-refractivity contribution >= 4 is 24.0 Å². The Morgan fingerprint density at radius 1 is 1.03 bits per heavy atom. The van der Waals surface area contributed by atoms with Crippen molar-refractivity contribution in [3.05, 3.63) is 29.3 Å². The summed E-state index contributed by atoms with van der Waals surface area (Å²) in [4.78, 5) is 25.2. The van der Waals surface area contributed by atoms with E-state index in [4.69, 9.17) is 21.1 Å². The minimum atomic E-state index is -0.714. The number of carbonyl (C=O) groups excluding carboxylic acids is 2. The number of hydrogen-bond acceptors (Lipinski definition) is 5. The minimum absolute atomic E-state index is 0.300. The predicted molar refractivity (Wildman–Crippen MR) is 149 cm³/mol. The van der Waals surface area contributed by atoms with E-state index < -0.39 is 11.2 Å². The average molecular weight is 525 g/mol. The lowest BCUT2D eigenvalue weighted by atomic mass is 9.78. The molecule has 1 saturated carbocycles. The maximum atomic E-state index is 11.4. The summed E-state index contributed by atoms with van der Waals surface area (Å²) < 4.78 is 11.1. The standard InChI is InChI=1S/C15H19ClO2.C12H24N2O2.C2H6/c1-15(11-17,12-5-3-2-4-6-12)18-14-9-7-13(16)8-10-14;1-12(2,3)16-11(15)13-9-10-5-7-14(4)8-6-10;1-2/h7-12H,2-6H2,1H3;10H,5-9H2,1-4H3,(H,13,15);1-2H3. The number of nitrogens with one attached hydrogen (secondary N) is 1. The van der Waals surface area contributed by atoms with E-state index in [2.05, 4.69) is 17.3 Å². The van der Waals surface area contributed by atoms with Crippen molar-refractivity contribution in [3.8, 4) is 5.75 Å². The van der Waals surface area contributed by atoms with Crippen LogP contribution in [0.15, 0.2) is 24.3 Å². The van der Waals surface area contributed by atoms with Gasteiger partial charge in [0.25, 0.3) is 0 Å². The Kier molecular flexibility index (Phi) is 14.4. The molecule has 1 aromatic rings. The Hall–Kier alpha value is -1.79. The molecular formula is C29H49ClN2O4. The summed E-state index contributed by atoms with van der Waals surface area (Å²) in [5.74, 6) is 1.63. The van der Waals surface area contributed by atoms with Crippen LogP contribution in [0.1, 0.15) is 86.5 Å². The summed E-state index contributed by atoms with van der Waals surface area (Å²) >= 11 is 5.84. The normalized spacial score (nSPS) is 18.9. The number of benzene rings is 1. The number of likely N-dealkylation sites (tertiary alicyclic amines) is 1. The Morgan fingerprint density at radius 3 is 2.08 bits per heavy atom. The molecule has 1 aromatic carbocycles. The Morgan fingerprint density at radius 2 is 1.58 bits per heavy atom. The number of nitrogens with zero attached hydrogens (tertiary/aromatic N) is 1. The van der Waals surface area contributed by atoms with E-state index in [1.54, 1.807) is 12.1 Å². The first kappa shape index (κ1) is 32.2. The lowest BCUT2D eigenvalue weighted by Crippen LogP contribution is -2.43. The molecular weight excluding hydrogens is 476 g/mol. The van der Waals surface area contributed by atoms with Crippen molar-refractivity contribution < 1.29 is 19.1 Å². The van der Waals surface area contributed by atoms with Gasteiger partial charge in [-0.15, -0.1) is 0 Å². The molecule has 206 valence electrons. The van der Waals surface area contributed by atoms with Crippen LogP contribution in [-0.4, -0.2) is 55.2 Å². The summed E-state index contributed by atoms with van der Waals surface area (Å²) in [6.45, 7) is 14.5. The van der Waals surface area contributed by atoms with Crippen LogP contribution >= 0.6 is 11.6 Å². The first-order chi connectivity index (χ1) is 17.0. The monoisotopic (exact) mass is 524 g/mol. The predicted octanol–water partition coefficient (Wildman–Crippen LogP) is 7.14. The Labute approximate surface area is 224 Å². The third kappa shape index (κ3) is 12.4. The number of rotatable bonds is 6. The van der Waals surface area contributed by atoms with Gasteiger partial charge in [-0.25, -0.2) is 4.79 Å². The van der Waals surface area contributed by atoms with Gasteiger partial charge >= 0.3 is 6.09 Å². The number of amides is 1. The van der Waals surface area contributed by atoms with Crippen LogP contribution < -0.4 is 10.1 Å². The van der Waals surface area contributed by atoms with E-state index in [1.807, 2.05) is 53.7 Å². The molecule has 0 radical (unpaired) electrons. The quantitative estimate of drug-likeness (QED) is 0.400. The summed E-state index contributed by atoms with van der Waals surface area (Å²) in [6, 6.07) is 7.19. The van der Waals surface area contributed by atoms with E-state index in [0.29, 0.717) is 22.6 Å². The number of aldehydes is 1. The number of alkyl carbamates (subject to hydrolysis) is 1. The van der Waals surface area contributed by atoms with Crippen LogP contribution in [0.3, 0.4) is 0 Å². The van der Waals surface area contributed by atoms with E-state index in [0.717, 1.165) is 51.6 Å². The highest BCUT2D eigenvalue weighted by atomic mass is 35.5. The fourth-order valence-electron chi connectivity index (χ4n) is 4.44. The summed E-state index contributed by atoms with van der Waals surface area (Å²) in [5.41, 5.74) is -1.12. The number of halogens is 1. The lowest BCUT2D eigenvalue weighted by Gasteiger charge is -2.35. The molecule has 2 fully saturated rings. The SMILES string of the molecule is CC.CC(C=O)(Oc1ccc(Cl)cc1)C1CCCCC1.CN1CCC(CNC(=O)OC(C)(C)C)CC1. The molecule has 0 aromatic heterocycles. The summed E-state index contributed by atoms with van der Waals surface area (Å²) in [6.07, 6.45) is 8.77. The second-order valence-corrected chi connectivity index (χ2v) is 11.3. The van der Waals surface area contributed by atoms with Gasteiger partial charge < -0.3 is 19.7 Å². The molecule has 2 aliphatic rings. The first-order valence-corrected chi connectivity index (χ1v) is 13.9. The summed E-state index contributed by atoms with van der Waals surface area (Å²) in [7, 11) is 2.14. The topological polar surface area (TPSA) is 67.9 Å². The maximum absolute atomic E-state index is 11.4. The molecule has 1 heterocycles. The summed E-state index contributed by atoms with van der Waals surface area (Å²) in [5, 5.41) is 3.52. The van der Waals surface area contributed by atoms with Crippen LogP contribution in [-0.2, 0) is 9.53 Å². The first-order valence-electron chi connectivity index (χ1n) is 13.6. The van der Waals surface area contributed by atoms with Gasteiger partial charge in [0, 0.05) is 17.5 Å². The van der Waals surface area contributed by atoms with Crippen molar-refractivity contribution in [2.24, 2.45) is 11.8 Å². The molecule has 3 rings (SSSR count). The lowest BCUT2D eigenvalue weighted by molar-refractivity contribution is -0.125.